The van der Waals surface area contributed by atoms with E-state index in [4.69, 9.17) is 14.9 Å². The lowest BCUT2D eigenvalue weighted by Crippen LogP contribution is -2.49. The number of furan rings is 1. The maximum Gasteiger partial charge on any atom is 0.260 e. The molecule has 0 unspecified atom stereocenters. The molecule has 0 spiro atoms. The maximum absolute atomic E-state index is 13.1. The monoisotopic (exact) mass is 439 g/mol. The number of aromatic nitrogens is 3. The number of amides is 2. The number of ether oxygens (including phenoxy) is 1. The Hall–Kier alpha value is -3.53. The molecule has 3 aromatic rings. The first-order chi connectivity index (χ1) is 15.0. The zero-order valence-electron chi connectivity index (χ0n) is 16.9. The van der Waals surface area contributed by atoms with Gasteiger partial charge in [0, 0.05) is 6.54 Å². The number of thioether (sulfide) groups is 1. The standard InChI is InChI=1S/C21H21N5O4S/c1-3-9-25-20(14-8-10-29-13(14)2)23-24-21(25)31-12-18(27)26-11-17(19(22)28)30-16-7-5-4-6-15(16)26/h3-8,10,17H,1,9,11-12H2,2H3,(H2,22,28)/t17-/m0/s1. The molecule has 2 amide bonds. The third-order valence-electron chi connectivity index (χ3n) is 4.85. The molecule has 10 heteroatoms. The van der Waals surface area contributed by atoms with Gasteiger partial charge in [-0.2, -0.15) is 0 Å². The minimum Gasteiger partial charge on any atom is -0.477 e. The summed E-state index contributed by atoms with van der Waals surface area (Å²) in [7, 11) is 0. The first-order valence-corrected chi connectivity index (χ1v) is 10.5. The number of carbonyl (C=O) groups excluding carboxylic acids is 2. The summed E-state index contributed by atoms with van der Waals surface area (Å²) < 4.78 is 12.9. The highest BCUT2D eigenvalue weighted by Gasteiger charge is 2.32. The number of nitrogens with two attached hydrogens (primary N) is 1. The molecule has 0 saturated heterocycles. The Labute approximate surface area is 182 Å². The second-order valence-electron chi connectivity index (χ2n) is 6.87. The van der Waals surface area contributed by atoms with Gasteiger partial charge < -0.3 is 19.8 Å². The van der Waals surface area contributed by atoms with Crippen molar-refractivity contribution < 1.29 is 18.7 Å². The highest BCUT2D eigenvalue weighted by Crippen LogP contribution is 2.34. The van der Waals surface area contributed by atoms with Gasteiger partial charge in [-0.05, 0) is 25.1 Å². The van der Waals surface area contributed by atoms with Gasteiger partial charge in [0.1, 0.15) is 11.5 Å². The molecule has 3 heterocycles. The third kappa shape index (κ3) is 4.06. The lowest BCUT2D eigenvalue weighted by molar-refractivity contribution is -0.125. The average Bonchev–Trinajstić information content (AvgIpc) is 3.37. The Morgan fingerprint density at radius 2 is 2.13 bits per heavy atom. The zero-order valence-corrected chi connectivity index (χ0v) is 17.7. The van der Waals surface area contributed by atoms with Gasteiger partial charge in [0.25, 0.3) is 5.91 Å². The molecule has 4 rings (SSSR count). The minimum absolute atomic E-state index is 0.0601. The lowest BCUT2D eigenvalue weighted by Gasteiger charge is -2.33. The van der Waals surface area contributed by atoms with Crippen molar-refractivity contribution in [1.29, 1.82) is 0 Å². The van der Waals surface area contributed by atoms with E-state index < -0.39 is 12.0 Å². The number of allylic oxidation sites excluding steroid dienone is 1. The van der Waals surface area contributed by atoms with Crippen molar-refractivity contribution >= 4 is 29.3 Å². The number of aryl methyl sites for hydroxylation is 1. The Balaban J connectivity index is 1.55. The highest BCUT2D eigenvalue weighted by atomic mass is 32.2. The van der Waals surface area contributed by atoms with Crippen LogP contribution in [0.5, 0.6) is 5.75 Å². The van der Waals surface area contributed by atoms with E-state index in [0.29, 0.717) is 29.0 Å². The Morgan fingerprint density at radius 3 is 2.84 bits per heavy atom. The number of carbonyl (C=O) groups is 2. The number of hydrogen-bond acceptors (Lipinski definition) is 7. The molecule has 2 N–H and O–H groups in total. The van der Waals surface area contributed by atoms with Gasteiger partial charge in [-0.1, -0.05) is 30.0 Å². The van der Waals surface area contributed by atoms with E-state index in [1.807, 2.05) is 17.6 Å². The molecule has 0 fully saturated rings. The van der Waals surface area contributed by atoms with Crippen LogP contribution in [0.4, 0.5) is 5.69 Å². The molecule has 9 nitrogen and oxygen atoms in total. The fourth-order valence-corrected chi connectivity index (χ4v) is 4.15. The largest absolute Gasteiger partial charge is 0.477 e. The number of hydrogen-bond donors (Lipinski definition) is 1. The van der Waals surface area contributed by atoms with Crippen LogP contribution in [0, 0.1) is 6.92 Å². The average molecular weight is 439 g/mol. The Kier molecular flexibility index (Phi) is 5.81. The summed E-state index contributed by atoms with van der Waals surface area (Å²) >= 11 is 1.26. The predicted octanol–water partition coefficient (Wildman–Crippen LogP) is 2.40. The van der Waals surface area contributed by atoms with Crippen LogP contribution in [-0.4, -0.2) is 45.0 Å². The molecule has 1 aliphatic heterocycles. The van der Waals surface area contributed by atoms with Crippen molar-refractivity contribution in [2.45, 2.75) is 24.7 Å². The van der Waals surface area contributed by atoms with Crippen LogP contribution in [0.25, 0.3) is 11.4 Å². The normalized spacial score (nSPS) is 15.3. The number of rotatable bonds is 7. The van der Waals surface area contributed by atoms with Gasteiger partial charge >= 0.3 is 0 Å². The SMILES string of the molecule is C=CCn1c(SCC(=O)N2C[C@@H](C(N)=O)Oc3ccccc32)nnc1-c1ccoc1C. The van der Waals surface area contributed by atoms with Crippen LogP contribution in [0.15, 0.2) is 58.8 Å². The van der Waals surface area contributed by atoms with Crippen molar-refractivity contribution in [2.75, 3.05) is 17.2 Å². The fraction of sp³-hybridized carbons (Fsp3) is 0.238. The summed E-state index contributed by atoms with van der Waals surface area (Å²) in [6.07, 6.45) is 2.44. The van der Waals surface area contributed by atoms with Gasteiger partial charge in [-0.25, -0.2) is 0 Å². The van der Waals surface area contributed by atoms with Crippen LogP contribution in [-0.2, 0) is 16.1 Å². The lowest BCUT2D eigenvalue weighted by atomic mass is 10.2. The maximum atomic E-state index is 13.1. The Bertz CT molecular complexity index is 1140. The fourth-order valence-electron chi connectivity index (χ4n) is 3.33. The molecule has 1 aliphatic rings. The molecule has 1 atom stereocenters. The van der Waals surface area contributed by atoms with Gasteiger partial charge in [0.05, 0.1) is 29.8 Å². The number of anilines is 1. The Morgan fingerprint density at radius 1 is 1.32 bits per heavy atom. The summed E-state index contributed by atoms with van der Waals surface area (Å²) in [6, 6.07) is 8.89. The van der Waals surface area contributed by atoms with Crippen LogP contribution in [0.2, 0.25) is 0 Å². The highest BCUT2D eigenvalue weighted by molar-refractivity contribution is 7.99. The van der Waals surface area contributed by atoms with Crippen LogP contribution >= 0.6 is 11.8 Å². The van der Waals surface area contributed by atoms with Crippen molar-refractivity contribution in [3.8, 4) is 17.1 Å². The molecule has 0 aliphatic carbocycles. The molecule has 0 saturated carbocycles. The van der Waals surface area contributed by atoms with Crippen molar-refractivity contribution in [3.05, 3.63) is 55.0 Å². The van der Waals surface area contributed by atoms with Crippen LogP contribution in [0.1, 0.15) is 5.76 Å². The minimum atomic E-state index is -0.899. The van der Waals surface area contributed by atoms with E-state index in [0.717, 1.165) is 11.3 Å². The van der Waals surface area contributed by atoms with Crippen LogP contribution < -0.4 is 15.4 Å². The number of fused-ring (bicyclic) bond motifs is 1. The summed E-state index contributed by atoms with van der Waals surface area (Å²) in [6.45, 7) is 6.19. The summed E-state index contributed by atoms with van der Waals surface area (Å²) in [5.41, 5.74) is 6.86. The number of primary amides is 1. The van der Waals surface area contributed by atoms with E-state index in [-0.39, 0.29) is 18.2 Å². The van der Waals surface area contributed by atoms with Crippen molar-refractivity contribution in [3.63, 3.8) is 0 Å². The molecule has 0 bridgehead atoms. The van der Waals surface area contributed by atoms with Gasteiger partial charge in [0.2, 0.25) is 5.91 Å². The molecular formula is C21H21N5O4S. The van der Waals surface area contributed by atoms with E-state index in [1.165, 1.54) is 16.7 Å². The first-order valence-electron chi connectivity index (χ1n) is 9.56. The second-order valence-corrected chi connectivity index (χ2v) is 7.81. The second kappa shape index (κ2) is 8.68. The molecule has 2 aromatic heterocycles. The summed E-state index contributed by atoms with van der Waals surface area (Å²) in [4.78, 5) is 26.3. The molecule has 0 radical (unpaired) electrons. The zero-order chi connectivity index (χ0) is 22.0. The molecule has 160 valence electrons. The van der Waals surface area contributed by atoms with Crippen molar-refractivity contribution in [1.82, 2.24) is 14.8 Å². The smallest absolute Gasteiger partial charge is 0.260 e. The number of para-hydroxylation sites is 2. The molecule has 1 aromatic carbocycles. The topological polar surface area (TPSA) is 116 Å². The molecule has 31 heavy (non-hydrogen) atoms. The summed E-state index contributed by atoms with van der Waals surface area (Å²) in [5, 5.41) is 9.11. The summed E-state index contributed by atoms with van der Waals surface area (Å²) in [5.74, 6) is 1.11. The van der Waals surface area contributed by atoms with Crippen molar-refractivity contribution in [2.24, 2.45) is 5.73 Å². The predicted molar refractivity (Wildman–Crippen MR) is 116 cm³/mol. The van der Waals surface area contributed by atoms with E-state index in [2.05, 4.69) is 16.8 Å². The molecular weight excluding hydrogens is 418 g/mol. The van der Waals surface area contributed by atoms with E-state index in [9.17, 15) is 9.59 Å². The van der Waals surface area contributed by atoms with Gasteiger partial charge in [-0.15, -0.1) is 16.8 Å². The number of nitrogens with zero attached hydrogens (tertiary/aromatic N) is 4. The quantitative estimate of drug-likeness (QED) is 0.444. The van der Waals surface area contributed by atoms with Crippen LogP contribution in [0.3, 0.4) is 0 Å². The van der Waals surface area contributed by atoms with Gasteiger partial charge in [-0.3, -0.25) is 14.2 Å². The first kappa shape index (κ1) is 20.7. The van der Waals surface area contributed by atoms with E-state index >= 15 is 0 Å². The number of benzene rings is 1. The van der Waals surface area contributed by atoms with E-state index in [1.54, 1.807) is 36.6 Å². The van der Waals surface area contributed by atoms with Gasteiger partial charge in [0.15, 0.2) is 17.1 Å². The third-order valence-corrected chi connectivity index (χ3v) is 5.80.